The lowest BCUT2D eigenvalue weighted by atomic mass is 9.98. The highest BCUT2D eigenvalue weighted by Crippen LogP contribution is 2.28. The van der Waals surface area contributed by atoms with Gasteiger partial charge in [0.05, 0.1) is 13.1 Å². The molecule has 22 heavy (non-hydrogen) atoms. The summed E-state index contributed by atoms with van der Waals surface area (Å²) in [5.74, 6) is 0. The standard InChI is InChI=1S/C20H21N.H2O/c1-3-21(4-2)18-14-12-17(13-15-18)20-11-7-9-16-8-5-6-10-19(16)20;/h5-15H,3-4H2,1-2H3;1H2. The summed E-state index contributed by atoms with van der Waals surface area (Å²) < 4.78 is 0. The van der Waals surface area contributed by atoms with E-state index >= 15 is 0 Å². The van der Waals surface area contributed by atoms with Crippen LogP contribution in [0.2, 0.25) is 0 Å². The highest BCUT2D eigenvalue weighted by atomic mass is 16.0. The molecule has 3 aromatic carbocycles. The fourth-order valence-electron chi connectivity index (χ4n) is 3.02. The second-order valence-corrected chi connectivity index (χ2v) is 5.41. The smallest absolute Gasteiger partial charge is 0.131 e. The van der Waals surface area contributed by atoms with E-state index in [1.807, 2.05) is 0 Å². The number of hydrogen-bond acceptors (Lipinski definition) is 1. The van der Waals surface area contributed by atoms with E-state index in [1.165, 1.54) is 32.5 Å². The molecule has 0 atom stereocenters. The molecule has 0 bridgehead atoms. The molecule has 0 saturated heterocycles. The molecule has 0 amide bonds. The van der Waals surface area contributed by atoms with E-state index in [1.54, 1.807) is 0 Å². The van der Waals surface area contributed by atoms with Crippen molar-refractivity contribution in [2.45, 2.75) is 13.8 Å². The van der Waals surface area contributed by atoms with Crippen LogP contribution in [-0.4, -0.2) is 18.6 Å². The molecule has 2 nitrogen and oxygen atoms in total. The molecule has 2 N–H and O–H groups in total. The Labute approximate surface area is 132 Å². The average Bonchev–Trinajstić information content (AvgIpc) is 2.56. The van der Waals surface area contributed by atoms with Gasteiger partial charge in [-0.1, -0.05) is 42.5 Å². The van der Waals surface area contributed by atoms with Gasteiger partial charge >= 0.3 is 0 Å². The van der Waals surface area contributed by atoms with Crippen LogP contribution >= 0.6 is 0 Å². The summed E-state index contributed by atoms with van der Waals surface area (Å²) in [7, 11) is 0. The molecule has 3 rings (SSSR count). The Hall–Kier alpha value is -2.16. The van der Waals surface area contributed by atoms with Crippen molar-refractivity contribution in [3.05, 3.63) is 66.7 Å². The van der Waals surface area contributed by atoms with Crippen molar-refractivity contribution in [3.8, 4) is 11.1 Å². The Morgan fingerprint density at radius 1 is 0.727 bits per heavy atom. The van der Waals surface area contributed by atoms with Gasteiger partial charge in [0.1, 0.15) is 5.69 Å². The fourth-order valence-corrected chi connectivity index (χ4v) is 3.02. The number of quaternary nitrogens is 1. The minimum absolute atomic E-state index is 0. The third-order valence-electron chi connectivity index (χ3n) is 4.25. The summed E-state index contributed by atoms with van der Waals surface area (Å²) in [6.07, 6.45) is 0. The predicted octanol–water partition coefficient (Wildman–Crippen LogP) is 3.89. The zero-order chi connectivity index (χ0) is 14.7. The summed E-state index contributed by atoms with van der Waals surface area (Å²) in [4.78, 5) is 1.53. The van der Waals surface area contributed by atoms with Crippen molar-refractivity contribution in [1.29, 1.82) is 0 Å². The summed E-state index contributed by atoms with van der Waals surface area (Å²) in [6.45, 7) is 6.73. The summed E-state index contributed by atoms with van der Waals surface area (Å²) in [6, 6.07) is 24.1. The van der Waals surface area contributed by atoms with Gasteiger partial charge in [-0.05, 0) is 60.0 Å². The van der Waals surface area contributed by atoms with Crippen LogP contribution in [0.5, 0.6) is 0 Å². The van der Waals surface area contributed by atoms with Crippen LogP contribution in [0.25, 0.3) is 21.9 Å². The van der Waals surface area contributed by atoms with E-state index in [-0.39, 0.29) is 5.48 Å². The normalized spacial score (nSPS) is 10.7. The van der Waals surface area contributed by atoms with Crippen LogP contribution < -0.4 is 4.90 Å². The van der Waals surface area contributed by atoms with Crippen molar-refractivity contribution in [2.24, 2.45) is 0 Å². The lowest BCUT2D eigenvalue weighted by molar-refractivity contribution is -0.828. The van der Waals surface area contributed by atoms with Crippen LogP contribution in [0.15, 0.2) is 66.7 Å². The van der Waals surface area contributed by atoms with Gasteiger partial charge in [0, 0.05) is 0 Å². The maximum Gasteiger partial charge on any atom is 0.131 e. The molecule has 0 heterocycles. The average molecular weight is 293 g/mol. The second kappa shape index (κ2) is 7.21. The number of nitrogens with one attached hydrogen (secondary N) is 1. The van der Waals surface area contributed by atoms with Gasteiger partial charge in [0.2, 0.25) is 0 Å². The zero-order valence-electron chi connectivity index (χ0n) is 13.2. The maximum absolute atomic E-state index is 2.26. The first-order chi connectivity index (χ1) is 10.3. The zero-order valence-corrected chi connectivity index (χ0v) is 13.2. The lowest BCUT2D eigenvalue weighted by Crippen LogP contribution is -3.06. The third kappa shape index (κ3) is 3.03. The fraction of sp³-hybridized carbons (Fsp3) is 0.200. The van der Waals surface area contributed by atoms with Crippen LogP contribution in [0.3, 0.4) is 0 Å². The molecule has 0 aliphatic rings. The number of rotatable bonds is 4. The molecule has 0 aliphatic heterocycles. The largest absolute Gasteiger partial charge is 0.870 e. The highest BCUT2D eigenvalue weighted by Gasteiger charge is 2.08. The van der Waals surface area contributed by atoms with Gasteiger partial charge in [-0.3, -0.25) is 0 Å². The molecule has 0 saturated carbocycles. The van der Waals surface area contributed by atoms with Crippen LogP contribution in [0.1, 0.15) is 13.8 Å². The number of hydrogen-bond donors (Lipinski definition) is 1. The van der Waals surface area contributed by atoms with Crippen molar-refractivity contribution >= 4 is 16.5 Å². The summed E-state index contributed by atoms with van der Waals surface area (Å²) in [5.41, 5.74) is 3.99. The first kappa shape index (κ1) is 16.2. The van der Waals surface area contributed by atoms with Gasteiger partial charge < -0.3 is 10.4 Å². The molecule has 0 fully saturated rings. The van der Waals surface area contributed by atoms with E-state index in [0.717, 1.165) is 13.1 Å². The van der Waals surface area contributed by atoms with Crippen LogP contribution in [-0.2, 0) is 0 Å². The van der Waals surface area contributed by atoms with Gasteiger partial charge in [0.15, 0.2) is 0 Å². The topological polar surface area (TPSA) is 34.4 Å². The molecule has 2 heteroatoms. The molecule has 0 unspecified atom stereocenters. The summed E-state index contributed by atoms with van der Waals surface area (Å²) >= 11 is 0. The minimum Gasteiger partial charge on any atom is -0.870 e. The summed E-state index contributed by atoms with van der Waals surface area (Å²) in [5, 5.41) is 2.62. The van der Waals surface area contributed by atoms with Crippen LogP contribution in [0, 0.1) is 0 Å². The SMILES string of the molecule is CC[NH+](CC)c1ccc(-c2cccc3ccccc23)cc1.[OH-]. The first-order valence-corrected chi connectivity index (χ1v) is 7.76. The Morgan fingerprint density at radius 2 is 1.36 bits per heavy atom. The molecule has 0 radical (unpaired) electrons. The maximum atomic E-state index is 2.26. The monoisotopic (exact) mass is 293 g/mol. The van der Waals surface area contributed by atoms with Crippen molar-refractivity contribution in [1.82, 2.24) is 0 Å². The van der Waals surface area contributed by atoms with Crippen molar-refractivity contribution < 1.29 is 10.4 Å². The molecule has 114 valence electrons. The molecular weight excluding hydrogens is 270 g/mol. The highest BCUT2D eigenvalue weighted by molar-refractivity contribution is 5.96. The van der Waals surface area contributed by atoms with E-state index in [4.69, 9.17) is 0 Å². The third-order valence-corrected chi connectivity index (χ3v) is 4.25. The van der Waals surface area contributed by atoms with Gasteiger partial charge in [-0.15, -0.1) is 0 Å². The van der Waals surface area contributed by atoms with E-state index in [0.29, 0.717) is 0 Å². The van der Waals surface area contributed by atoms with E-state index in [9.17, 15) is 0 Å². The number of benzene rings is 3. The Balaban J connectivity index is 0.00000176. The molecule has 0 spiro atoms. The predicted molar refractivity (Wildman–Crippen MR) is 93.0 cm³/mol. The quantitative estimate of drug-likeness (QED) is 0.778. The van der Waals surface area contributed by atoms with Gasteiger partial charge in [-0.2, -0.15) is 0 Å². The molecule has 3 aromatic rings. The first-order valence-electron chi connectivity index (χ1n) is 7.76. The second-order valence-electron chi connectivity index (χ2n) is 5.41. The molecule has 0 aromatic heterocycles. The number of fused-ring (bicyclic) bond motifs is 1. The van der Waals surface area contributed by atoms with E-state index in [2.05, 4.69) is 80.6 Å². The lowest BCUT2D eigenvalue weighted by Gasteiger charge is -2.15. The molecule has 0 aliphatic carbocycles. The Bertz CT molecular complexity index is 725. The van der Waals surface area contributed by atoms with Gasteiger partial charge in [0.25, 0.3) is 0 Å². The van der Waals surface area contributed by atoms with Crippen molar-refractivity contribution in [3.63, 3.8) is 0 Å². The van der Waals surface area contributed by atoms with Crippen LogP contribution in [0.4, 0.5) is 5.69 Å². The van der Waals surface area contributed by atoms with Gasteiger partial charge in [-0.25, -0.2) is 0 Å². The van der Waals surface area contributed by atoms with Crippen molar-refractivity contribution in [2.75, 3.05) is 13.1 Å². The Kier molecular flexibility index (Phi) is 5.31. The molecular formula is C20H23NO. The Morgan fingerprint density at radius 3 is 2.05 bits per heavy atom. The van der Waals surface area contributed by atoms with E-state index < -0.39 is 0 Å². The minimum atomic E-state index is 0.